The van der Waals surface area contributed by atoms with Crippen LogP contribution >= 0.6 is 11.3 Å². The van der Waals surface area contributed by atoms with Gasteiger partial charge in [-0.2, -0.15) is 11.3 Å². The number of aryl methyl sites for hydroxylation is 1. The lowest BCUT2D eigenvalue weighted by atomic mass is 10.1. The first-order chi connectivity index (χ1) is 8.41. The second-order valence-electron chi connectivity index (χ2n) is 3.77. The minimum absolute atomic E-state index is 0.139. The van der Waals surface area contributed by atoms with Gasteiger partial charge in [0.15, 0.2) is 0 Å². The molecule has 0 aliphatic carbocycles. The van der Waals surface area contributed by atoms with Gasteiger partial charge in [-0.1, -0.05) is 0 Å². The highest BCUT2D eigenvalue weighted by molar-refractivity contribution is 7.08. The number of aliphatic carboxylic acids is 2. The van der Waals surface area contributed by atoms with Gasteiger partial charge >= 0.3 is 11.9 Å². The van der Waals surface area contributed by atoms with Crippen molar-refractivity contribution in [2.24, 2.45) is 0 Å². The zero-order valence-corrected chi connectivity index (χ0v) is 10.5. The summed E-state index contributed by atoms with van der Waals surface area (Å²) >= 11 is 1.35. The van der Waals surface area contributed by atoms with E-state index in [0.717, 1.165) is 5.56 Å². The van der Waals surface area contributed by atoms with E-state index in [1.165, 1.54) is 11.3 Å². The number of amides is 1. The van der Waals surface area contributed by atoms with Gasteiger partial charge in [-0.25, -0.2) is 4.79 Å². The Morgan fingerprint density at radius 1 is 1.33 bits per heavy atom. The van der Waals surface area contributed by atoms with E-state index in [-0.39, 0.29) is 12.8 Å². The van der Waals surface area contributed by atoms with E-state index >= 15 is 0 Å². The predicted octanol–water partition coefficient (Wildman–Crippen LogP) is 1.10. The fourth-order valence-corrected chi connectivity index (χ4v) is 2.18. The van der Waals surface area contributed by atoms with Crippen LogP contribution in [-0.4, -0.2) is 34.1 Å². The number of nitrogens with one attached hydrogen (secondary N) is 1. The van der Waals surface area contributed by atoms with Gasteiger partial charge in [0.2, 0.25) is 0 Å². The van der Waals surface area contributed by atoms with E-state index in [1.807, 2.05) is 0 Å². The summed E-state index contributed by atoms with van der Waals surface area (Å²) in [5.74, 6) is -2.83. The molecule has 1 unspecified atom stereocenters. The van der Waals surface area contributed by atoms with Crippen molar-refractivity contribution in [3.8, 4) is 0 Å². The zero-order valence-electron chi connectivity index (χ0n) is 9.67. The number of carbonyl (C=O) groups is 3. The van der Waals surface area contributed by atoms with Gasteiger partial charge in [0.25, 0.3) is 5.91 Å². The van der Waals surface area contributed by atoms with E-state index in [2.05, 4.69) is 5.32 Å². The quantitative estimate of drug-likeness (QED) is 0.719. The van der Waals surface area contributed by atoms with E-state index < -0.39 is 23.9 Å². The molecule has 1 heterocycles. The third-order valence-electron chi connectivity index (χ3n) is 2.35. The van der Waals surface area contributed by atoms with Crippen molar-refractivity contribution < 1.29 is 24.6 Å². The van der Waals surface area contributed by atoms with Crippen LogP contribution in [0.25, 0.3) is 0 Å². The van der Waals surface area contributed by atoms with Gasteiger partial charge in [0, 0.05) is 11.8 Å². The molecule has 0 aromatic carbocycles. The van der Waals surface area contributed by atoms with E-state index in [0.29, 0.717) is 5.56 Å². The molecule has 98 valence electrons. The molecule has 7 heteroatoms. The lowest BCUT2D eigenvalue weighted by molar-refractivity contribution is -0.140. The highest BCUT2D eigenvalue weighted by atomic mass is 32.1. The van der Waals surface area contributed by atoms with Crippen molar-refractivity contribution >= 4 is 29.2 Å². The number of carbonyl (C=O) groups excluding carboxylic acids is 1. The molecule has 0 saturated heterocycles. The summed E-state index contributed by atoms with van der Waals surface area (Å²) in [7, 11) is 0. The molecule has 1 aromatic heterocycles. The van der Waals surface area contributed by atoms with Crippen LogP contribution in [0.1, 0.15) is 28.8 Å². The SMILES string of the molecule is Cc1cscc1C(=O)NC(CCC(=O)O)C(=O)O. The van der Waals surface area contributed by atoms with Crippen LogP contribution < -0.4 is 5.32 Å². The number of rotatable bonds is 6. The maximum atomic E-state index is 11.8. The number of hydrogen-bond donors (Lipinski definition) is 3. The lowest BCUT2D eigenvalue weighted by Gasteiger charge is -2.13. The molecule has 1 aromatic rings. The molecule has 18 heavy (non-hydrogen) atoms. The van der Waals surface area contributed by atoms with Crippen molar-refractivity contribution in [1.29, 1.82) is 0 Å². The second-order valence-corrected chi connectivity index (χ2v) is 4.51. The van der Waals surface area contributed by atoms with Crippen LogP contribution in [0.5, 0.6) is 0 Å². The normalized spacial score (nSPS) is 11.8. The Labute approximate surface area is 107 Å². The molecule has 0 bridgehead atoms. The number of carboxylic acids is 2. The molecule has 0 spiro atoms. The van der Waals surface area contributed by atoms with Crippen LogP contribution in [0.3, 0.4) is 0 Å². The Balaban J connectivity index is 2.67. The van der Waals surface area contributed by atoms with Crippen molar-refractivity contribution in [2.75, 3.05) is 0 Å². The molecule has 3 N–H and O–H groups in total. The monoisotopic (exact) mass is 271 g/mol. The van der Waals surface area contributed by atoms with Gasteiger partial charge in [0.1, 0.15) is 6.04 Å². The maximum absolute atomic E-state index is 11.8. The summed E-state index contributed by atoms with van der Waals surface area (Å²) in [6.45, 7) is 1.75. The average Bonchev–Trinajstić information content (AvgIpc) is 2.69. The van der Waals surface area contributed by atoms with Crippen molar-refractivity contribution in [1.82, 2.24) is 5.32 Å². The third-order valence-corrected chi connectivity index (χ3v) is 3.21. The highest BCUT2D eigenvalue weighted by Gasteiger charge is 2.22. The topological polar surface area (TPSA) is 104 Å². The van der Waals surface area contributed by atoms with Crippen LogP contribution in [0, 0.1) is 6.92 Å². The first-order valence-corrected chi connectivity index (χ1v) is 6.14. The van der Waals surface area contributed by atoms with Crippen molar-refractivity contribution in [3.63, 3.8) is 0 Å². The molecule has 0 aliphatic rings. The van der Waals surface area contributed by atoms with E-state index in [9.17, 15) is 14.4 Å². The Hall–Kier alpha value is -1.89. The summed E-state index contributed by atoms with van der Waals surface area (Å²) in [6.07, 6.45) is -0.445. The summed E-state index contributed by atoms with van der Waals surface area (Å²) in [5, 5.41) is 23.1. The highest BCUT2D eigenvalue weighted by Crippen LogP contribution is 2.13. The molecule has 1 atom stereocenters. The molecule has 1 amide bonds. The molecule has 1 rings (SSSR count). The summed E-state index contributed by atoms with van der Waals surface area (Å²) in [6, 6.07) is -1.19. The summed E-state index contributed by atoms with van der Waals surface area (Å²) in [4.78, 5) is 33.1. The first kappa shape index (κ1) is 14.2. The summed E-state index contributed by atoms with van der Waals surface area (Å²) in [5.41, 5.74) is 1.18. The second kappa shape index (κ2) is 6.15. The number of thiophene rings is 1. The molecule has 0 saturated carbocycles. The Morgan fingerprint density at radius 2 is 2.00 bits per heavy atom. The minimum Gasteiger partial charge on any atom is -0.481 e. The largest absolute Gasteiger partial charge is 0.481 e. The van der Waals surface area contributed by atoms with Gasteiger partial charge in [-0.05, 0) is 24.3 Å². The van der Waals surface area contributed by atoms with Crippen LogP contribution in [0.15, 0.2) is 10.8 Å². The minimum atomic E-state index is -1.24. The fourth-order valence-electron chi connectivity index (χ4n) is 1.35. The van der Waals surface area contributed by atoms with Crippen LogP contribution in [0.2, 0.25) is 0 Å². The Kier molecular flexibility index (Phi) is 4.85. The molecule has 0 aliphatic heterocycles. The average molecular weight is 271 g/mol. The van der Waals surface area contributed by atoms with Crippen molar-refractivity contribution in [2.45, 2.75) is 25.8 Å². The Bertz CT molecular complexity index is 468. The molecule has 0 fully saturated rings. The smallest absolute Gasteiger partial charge is 0.326 e. The molecule has 6 nitrogen and oxygen atoms in total. The van der Waals surface area contributed by atoms with Crippen molar-refractivity contribution in [3.05, 3.63) is 21.9 Å². The zero-order chi connectivity index (χ0) is 13.7. The molecular formula is C11H13NO5S. The fraction of sp³-hybridized carbons (Fsp3) is 0.364. The molecule has 0 radical (unpaired) electrons. The van der Waals surface area contributed by atoms with E-state index in [4.69, 9.17) is 10.2 Å². The van der Waals surface area contributed by atoms with E-state index in [1.54, 1.807) is 17.7 Å². The summed E-state index contributed by atoms with van der Waals surface area (Å²) < 4.78 is 0. The first-order valence-electron chi connectivity index (χ1n) is 5.20. The molecular weight excluding hydrogens is 258 g/mol. The van der Waals surface area contributed by atoms with Gasteiger partial charge in [0.05, 0.1) is 5.56 Å². The van der Waals surface area contributed by atoms with Gasteiger partial charge < -0.3 is 15.5 Å². The number of carboxylic acid groups (broad SMARTS) is 2. The predicted molar refractivity (Wildman–Crippen MR) is 64.8 cm³/mol. The third kappa shape index (κ3) is 3.85. The van der Waals surface area contributed by atoms with Crippen LogP contribution in [-0.2, 0) is 9.59 Å². The standard InChI is InChI=1S/C11H13NO5S/c1-6-4-18-5-7(6)10(15)12-8(11(16)17)2-3-9(13)14/h4-5,8H,2-3H2,1H3,(H,12,15)(H,13,14)(H,16,17). The van der Waals surface area contributed by atoms with Crippen LogP contribution in [0.4, 0.5) is 0 Å². The van der Waals surface area contributed by atoms with Gasteiger partial charge in [-0.15, -0.1) is 0 Å². The lowest BCUT2D eigenvalue weighted by Crippen LogP contribution is -2.41. The number of hydrogen-bond acceptors (Lipinski definition) is 4. The Morgan fingerprint density at radius 3 is 2.44 bits per heavy atom. The maximum Gasteiger partial charge on any atom is 0.326 e. The van der Waals surface area contributed by atoms with Gasteiger partial charge in [-0.3, -0.25) is 9.59 Å².